The van der Waals surface area contributed by atoms with E-state index in [2.05, 4.69) is 26.9 Å². The molecule has 0 spiro atoms. The van der Waals surface area contributed by atoms with Crippen molar-refractivity contribution in [3.63, 3.8) is 0 Å². The first-order valence-electron chi connectivity index (χ1n) is 8.95. The molecule has 0 bridgehead atoms. The van der Waals surface area contributed by atoms with Crippen LogP contribution in [0.3, 0.4) is 0 Å². The predicted octanol–water partition coefficient (Wildman–Crippen LogP) is 2.55. The molecule has 0 N–H and O–H groups in total. The fraction of sp³-hybridized carbons (Fsp3) is 0.824. The summed E-state index contributed by atoms with van der Waals surface area (Å²) in [5, 5.41) is 3.88. The monoisotopic (exact) mass is 320 g/mol. The van der Waals surface area contributed by atoms with Gasteiger partial charge in [0.25, 0.3) is 0 Å². The van der Waals surface area contributed by atoms with Gasteiger partial charge < -0.3 is 9.42 Å². The van der Waals surface area contributed by atoms with Crippen molar-refractivity contribution in [1.82, 2.24) is 19.9 Å². The van der Waals surface area contributed by atoms with Gasteiger partial charge in [-0.15, -0.1) is 0 Å². The van der Waals surface area contributed by atoms with Gasteiger partial charge in [-0.2, -0.15) is 4.98 Å². The Labute approximate surface area is 138 Å². The van der Waals surface area contributed by atoms with Crippen LogP contribution in [0.1, 0.15) is 63.2 Å². The summed E-state index contributed by atoms with van der Waals surface area (Å²) in [5.74, 6) is 2.32. The standard InChI is InChI=1S/C17H28N4O2/c1-13(17-18-14(2)19-23-17)20-8-5-9-21(11-10-20)16(22)12-15-6-3-4-7-15/h13,15H,3-12H2,1-2H3/t13-/m0/s1. The lowest BCUT2D eigenvalue weighted by molar-refractivity contribution is -0.132. The van der Waals surface area contributed by atoms with Crippen molar-refractivity contribution in [3.05, 3.63) is 11.7 Å². The Morgan fingerprint density at radius 1 is 1.22 bits per heavy atom. The molecule has 1 aromatic heterocycles. The average Bonchev–Trinajstić information content (AvgIpc) is 3.12. The van der Waals surface area contributed by atoms with Gasteiger partial charge in [0.2, 0.25) is 11.8 Å². The van der Waals surface area contributed by atoms with E-state index in [-0.39, 0.29) is 6.04 Å². The lowest BCUT2D eigenvalue weighted by Crippen LogP contribution is -2.36. The first-order valence-corrected chi connectivity index (χ1v) is 8.95. The molecule has 1 saturated carbocycles. The number of carbonyl (C=O) groups is 1. The minimum Gasteiger partial charge on any atom is -0.341 e. The number of hydrogen-bond acceptors (Lipinski definition) is 5. The molecular weight excluding hydrogens is 292 g/mol. The van der Waals surface area contributed by atoms with Crippen LogP contribution in [0.2, 0.25) is 0 Å². The van der Waals surface area contributed by atoms with E-state index in [1.54, 1.807) is 0 Å². The molecule has 2 heterocycles. The Balaban J connectivity index is 1.53. The highest BCUT2D eigenvalue weighted by Crippen LogP contribution is 2.28. The van der Waals surface area contributed by atoms with E-state index in [1.165, 1.54) is 25.7 Å². The van der Waals surface area contributed by atoms with Gasteiger partial charge in [-0.25, -0.2) is 0 Å². The van der Waals surface area contributed by atoms with Gasteiger partial charge in [0.05, 0.1) is 6.04 Å². The molecule has 1 aliphatic carbocycles. The van der Waals surface area contributed by atoms with Gasteiger partial charge in [0.15, 0.2) is 5.82 Å². The minimum atomic E-state index is 0.112. The van der Waals surface area contributed by atoms with Gasteiger partial charge in [-0.05, 0) is 39.0 Å². The predicted molar refractivity (Wildman–Crippen MR) is 86.8 cm³/mol. The van der Waals surface area contributed by atoms with Crippen molar-refractivity contribution in [2.45, 2.75) is 58.4 Å². The molecule has 3 rings (SSSR count). The number of carbonyl (C=O) groups excluding carboxylic acids is 1. The average molecular weight is 320 g/mol. The van der Waals surface area contributed by atoms with E-state index in [4.69, 9.17) is 4.52 Å². The molecule has 0 unspecified atom stereocenters. The fourth-order valence-electron chi connectivity index (χ4n) is 3.80. The Morgan fingerprint density at radius 2 is 2.00 bits per heavy atom. The van der Waals surface area contributed by atoms with Gasteiger partial charge >= 0.3 is 0 Å². The zero-order chi connectivity index (χ0) is 16.2. The van der Waals surface area contributed by atoms with Gasteiger partial charge in [0, 0.05) is 32.6 Å². The van der Waals surface area contributed by atoms with Crippen LogP contribution in [0.25, 0.3) is 0 Å². The Bertz CT molecular complexity index is 524. The van der Waals surface area contributed by atoms with Crippen molar-refractivity contribution in [2.75, 3.05) is 26.2 Å². The van der Waals surface area contributed by atoms with Crippen molar-refractivity contribution in [2.24, 2.45) is 5.92 Å². The second-order valence-electron chi connectivity index (χ2n) is 6.98. The number of rotatable bonds is 4. The normalized spacial score (nSPS) is 22.3. The second kappa shape index (κ2) is 7.43. The van der Waals surface area contributed by atoms with Crippen molar-refractivity contribution < 1.29 is 9.32 Å². The molecule has 128 valence electrons. The van der Waals surface area contributed by atoms with E-state index < -0.39 is 0 Å². The third-order valence-electron chi connectivity index (χ3n) is 5.27. The molecule has 1 amide bonds. The van der Waals surface area contributed by atoms with Crippen LogP contribution in [0.15, 0.2) is 4.52 Å². The van der Waals surface area contributed by atoms with E-state index in [9.17, 15) is 4.79 Å². The molecule has 0 radical (unpaired) electrons. The molecule has 2 fully saturated rings. The SMILES string of the molecule is Cc1noc([C@H](C)N2CCCN(C(=O)CC3CCCC3)CC2)n1. The Kier molecular flexibility index (Phi) is 5.30. The summed E-state index contributed by atoms with van der Waals surface area (Å²) in [6.45, 7) is 7.46. The molecule has 6 heteroatoms. The van der Waals surface area contributed by atoms with Gasteiger partial charge in [-0.1, -0.05) is 18.0 Å². The summed E-state index contributed by atoms with van der Waals surface area (Å²) in [4.78, 5) is 21.3. The molecule has 1 aromatic rings. The summed E-state index contributed by atoms with van der Waals surface area (Å²) in [5.41, 5.74) is 0. The molecule has 1 aliphatic heterocycles. The molecule has 1 saturated heterocycles. The highest BCUT2D eigenvalue weighted by atomic mass is 16.5. The maximum absolute atomic E-state index is 12.5. The van der Waals surface area contributed by atoms with E-state index in [1.807, 2.05) is 6.92 Å². The topological polar surface area (TPSA) is 62.5 Å². The summed E-state index contributed by atoms with van der Waals surface area (Å²) >= 11 is 0. The van der Waals surface area contributed by atoms with Crippen molar-refractivity contribution >= 4 is 5.91 Å². The van der Waals surface area contributed by atoms with Crippen molar-refractivity contribution in [3.8, 4) is 0 Å². The molecule has 1 atom stereocenters. The summed E-state index contributed by atoms with van der Waals surface area (Å²) in [7, 11) is 0. The molecule has 2 aliphatic rings. The Morgan fingerprint density at radius 3 is 2.70 bits per heavy atom. The summed E-state index contributed by atoms with van der Waals surface area (Å²) in [6, 6.07) is 0.112. The minimum absolute atomic E-state index is 0.112. The van der Waals surface area contributed by atoms with Crippen LogP contribution in [0.4, 0.5) is 0 Å². The smallest absolute Gasteiger partial charge is 0.243 e. The van der Waals surface area contributed by atoms with E-state index in [0.717, 1.165) is 39.0 Å². The lowest BCUT2D eigenvalue weighted by atomic mass is 10.0. The van der Waals surface area contributed by atoms with Crippen LogP contribution in [0, 0.1) is 12.8 Å². The maximum atomic E-state index is 12.5. The van der Waals surface area contributed by atoms with Crippen LogP contribution >= 0.6 is 0 Å². The fourth-order valence-corrected chi connectivity index (χ4v) is 3.80. The molecule has 6 nitrogen and oxygen atoms in total. The third-order valence-corrected chi connectivity index (χ3v) is 5.27. The largest absolute Gasteiger partial charge is 0.341 e. The lowest BCUT2D eigenvalue weighted by Gasteiger charge is -2.25. The summed E-state index contributed by atoms with van der Waals surface area (Å²) < 4.78 is 5.30. The maximum Gasteiger partial charge on any atom is 0.243 e. The molecular formula is C17H28N4O2. The van der Waals surface area contributed by atoms with Crippen LogP contribution < -0.4 is 0 Å². The van der Waals surface area contributed by atoms with Gasteiger partial charge in [-0.3, -0.25) is 9.69 Å². The number of nitrogens with zero attached hydrogens (tertiary/aromatic N) is 4. The van der Waals surface area contributed by atoms with Crippen molar-refractivity contribution in [1.29, 1.82) is 0 Å². The molecule has 23 heavy (non-hydrogen) atoms. The number of hydrogen-bond donors (Lipinski definition) is 0. The Hall–Kier alpha value is -1.43. The van der Waals surface area contributed by atoms with E-state index in [0.29, 0.717) is 23.5 Å². The van der Waals surface area contributed by atoms with Crippen LogP contribution in [-0.4, -0.2) is 52.0 Å². The highest BCUT2D eigenvalue weighted by Gasteiger charge is 2.27. The first-order chi connectivity index (χ1) is 11.1. The number of amides is 1. The van der Waals surface area contributed by atoms with E-state index >= 15 is 0 Å². The quantitative estimate of drug-likeness (QED) is 0.853. The number of aryl methyl sites for hydroxylation is 1. The van der Waals surface area contributed by atoms with Crippen LogP contribution in [-0.2, 0) is 4.79 Å². The summed E-state index contributed by atoms with van der Waals surface area (Å²) in [6.07, 6.45) is 6.82. The zero-order valence-electron chi connectivity index (χ0n) is 14.3. The van der Waals surface area contributed by atoms with Gasteiger partial charge in [0.1, 0.15) is 0 Å². The first kappa shape index (κ1) is 16.4. The van der Waals surface area contributed by atoms with Crippen LogP contribution in [0.5, 0.6) is 0 Å². The second-order valence-corrected chi connectivity index (χ2v) is 6.98. The molecule has 0 aromatic carbocycles. The zero-order valence-corrected chi connectivity index (χ0v) is 14.3. The third kappa shape index (κ3) is 4.10. The number of aromatic nitrogens is 2. The highest BCUT2D eigenvalue weighted by molar-refractivity contribution is 5.76.